The maximum Gasteiger partial charge on any atom is 0.321 e. The fourth-order valence-electron chi connectivity index (χ4n) is 1.78. The molecule has 0 aliphatic carbocycles. The van der Waals surface area contributed by atoms with Crippen LogP contribution in [0.1, 0.15) is 27.7 Å². The molecular formula is C12H22N4O4S. The molecule has 2 N–H and O–H groups in total. The third kappa shape index (κ3) is 3.94. The number of nitrogen functional groups attached to an aromatic ring is 1. The van der Waals surface area contributed by atoms with Crippen LogP contribution in [0.3, 0.4) is 0 Å². The molecule has 1 aromatic heterocycles. The summed E-state index contributed by atoms with van der Waals surface area (Å²) in [6.07, 6.45) is 1.37. The second-order valence-electron chi connectivity index (χ2n) is 4.68. The molecule has 0 atom stereocenters. The van der Waals surface area contributed by atoms with Crippen molar-refractivity contribution in [2.45, 2.75) is 45.2 Å². The SMILES string of the molecule is CCOC(=O)CN(C(C)C)S(=O)(=O)c1cn(CC)nc1N. The van der Waals surface area contributed by atoms with E-state index in [1.807, 2.05) is 6.92 Å². The topological polar surface area (TPSA) is 108 Å². The van der Waals surface area contributed by atoms with Crippen LogP contribution in [0, 0.1) is 0 Å². The molecule has 21 heavy (non-hydrogen) atoms. The van der Waals surface area contributed by atoms with Gasteiger partial charge >= 0.3 is 5.97 Å². The van der Waals surface area contributed by atoms with Crippen molar-refractivity contribution in [3.63, 3.8) is 0 Å². The monoisotopic (exact) mass is 318 g/mol. The van der Waals surface area contributed by atoms with E-state index in [4.69, 9.17) is 10.5 Å². The summed E-state index contributed by atoms with van der Waals surface area (Å²) in [5.41, 5.74) is 5.68. The van der Waals surface area contributed by atoms with E-state index in [-0.39, 0.29) is 23.9 Å². The van der Waals surface area contributed by atoms with Crippen LogP contribution >= 0.6 is 0 Å². The van der Waals surface area contributed by atoms with Crippen molar-refractivity contribution in [3.05, 3.63) is 6.20 Å². The molecule has 120 valence electrons. The van der Waals surface area contributed by atoms with Crippen molar-refractivity contribution < 1.29 is 17.9 Å². The van der Waals surface area contributed by atoms with E-state index >= 15 is 0 Å². The predicted octanol–water partition coefficient (Wildman–Crippen LogP) is 0.447. The van der Waals surface area contributed by atoms with Crippen molar-refractivity contribution in [2.75, 3.05) is 18.9 Å². The maximum absolute atomic E-state index is 12.6. The molecule has 0 radical (unpaired) electrons. The van der Waals surface area contributed by atoms with E-state index in [9.17, 15) is 13.2 Å². The summed E-state index contributed by atoms with van der Waals surface area (Å²) in [5, 5.41) is 3.93. The molecule has 0 amide bonds. The van der Waals surface area contributed by atoms with Crippen molar-refractivity contribution in [3.8, 4) is 0 Å². The molecule has 0 aromatic carbocycles. The molecule has 0 saturated heterocycles. The smallest absolute Gasteiger partial charge is 0.321 e. The molecule has 0 spiro atoms. The Kier molecular flexibility index (Phi) is 5.73. The second-order valence-corrected chi connectivity index (χ2v) is 6.54. The molecule has 1 aromatic rings. The van der Waals surface area contributed by atoms with E-state index in [0.29, 0.717) is 6.54 Å². The number of sulfonamides is 1. The van der Waals surface area contributed by atoms with Crippen LogP contribution in [-0.2, 0) is 26.1 Å². The lowest BCUT2D eigenvalue weighted by Gasteiger charge is -2.24. The van der Waals surface area contributed by atoms with E-state index in [2.05, 4.69) is 5.10 Å². The first-order valence-electron chi connectivity index (χ1n) is 6.74. The van der Waals surface area contributed by atoms with Crippen LogP contribution in [0.25, 0.3) is 0 Å². The van der Waals surface area contributed by atoms with Crippen LogP contribution in [-0.4, -0.2) is 47.7 Å². The van der Waals surface area contributed by atoms with E-state index in [0.717, 1.165) is 4.31 Å². The maximum atomic E-state index is 12.6. The van der Waals surface area contributed by atoms with Gasteiger partial charge in [0.2, 0.25) is 10.0 Å². The zero-order chi connectivity index (χ0) is 16.2. The largest absolute Gasteiger partial charge is 0.465 e. The van der Waals surface area contributed by atoms with Gasteiger partial charge in [-0.3, -0.25) is 9.48 Å². The zero-order valence-electron chi connectivity index (χ0n) is 12.7. The molecule has 0 bridgehead atoms. The van der Waals surface area contributed by atoms with Crippen LogP contribution in [0.15, 0.2) is 11.1 Å². The lowest BCUT2D eigenvalue weighted by atomic mass is 10.4. The van der Waals surface area contributed by atoms with Crippen molar-refractivity contribution in [2.24, 2.45) is 0 Å². The molecule has 0 aliphatic heterocycles. The van der Waals surface area contributed by atoms with Crippen LogP contribution in [0.2, 0.25) is 0 Å². The van der Waals surface area contributed by atoms with E-state index < -0.39 is 22.0 Å². The minimum Gasteiger partial charge on any atom is -0.465 e. The zero-order valence-corrected chi connectivity index (χ0v) is 13.6. The average molecular weight is 318 g/mol. The van der Waals surface area contributed by atoms with Gasteiger partial charge in [0.25, 0.3) is 0 Å². The summed E-state index contributed by atoms with van der Waals surface area (Å²) in [7, 11) is -3.91. The highest BCUT2D eigenvalue weighted by molar-refractivity contribution is 7.89. The molecular weight excluding hydrogens is 296 g/mol. The van der Waals surface area contributed by atoms with Crippen molar-refractivity contribution in [1.29, 1.82) is 0 Å². The van der Waals surface area contributed by atoms with Gasteiger partial charge in [-0.05, 0) is 27.7 Å². The number of carbonyl (C=O) groups is 1. The summed E-state index contributed by atoms with van der Waals surface area (Å²) < 4.78 is 32.6. The number of anilines is 1. The van der Waals surface area contributed by atoms with Crippen LogP contribution in [0.5, 0.6) is 0 Å². The highest BCUT2D eigenvalue weighted by atomic mass is 32.2. The highest BCUT2D eigenvalue weighted by Gasteiger charge is 2.32. The van der Waals surface area contributed by atoms with Gasteiger partial charge in [-0.25, -0.2) is 8.42 Å². The van der Waals surface area contributed by atoms with Gasteiger partial charge in [0, 0.05) is 18.8 Å². The Morgan fingerprint density at radius 2 is 2.10 bits per heavy atom. The number of ether oxygens (including phenoxy) is 1. The Hall–Kier alpha value is -1.61. The number of esters is 1. The number of nitrogens with zero attached hydrogens (tertiary/aromatic N) is 3. The summed E-state index contributed by atoms with van der Waals surface area (Å²) in [6.45, 7) is 7.18. The van der Waals surface area contributed by atoms with E-state index in [1.165, 1.54) is 10.9 Å². The quantitative estimate of drug-likeness (QED) is 0.731. The van der Waals surface area contributed by atoms with Gasteiger partial charge in [0.05, 0.1) is 6.61 Å². The Morgan fingerprint density at radius 3 is 2.52 bits per heavy atom. The van der Waals surface area contributed by atoms with Crippen LogP contribution in [0.4, 0.5) is 5.82 Å². The minimum absolute atomic E-state index is 0.0774. The second kappa shape index (κ2) is 6.90. The van der Waals surface area contributed by atoms with E-state index in [1.54, 1.807) is 20.8 Å². The molecule has 0 unspecified atom stereocenters. The first-order chi connectivity index (χ1) is 9.73. The number of hydrogen-bond acceptors (Lipinski definition) is 6. The first-order valence-corrected chi connectivity index (χ1v) is 8.18. The third-order valence-electron chi connectivity index (χ3n) is 2.83. The summed E-state index contributed by atoms with van der Waals surface area (Å²) in [6, 6.07) is -0.413. The van der Waals surface area contributed by atoms with Gasteiger partial charge in [-0.1, -0.05) is 0 Å². The van der Waals surface area contributed by atoms with Gasteiger partial charge in [0.1, 0.15) is 11.4 Å². The lowest BCUT2D eigenvalue weighted by Crippen LogP contribution is -2.41. The highest BCUT2D eigenvalue weighted by Crippen LogP contribution is 2.23. The van der Waals surface area contributed by atoms with Crippen LogP contribution < -0.4 is 5.73 Å². The average Bonchev–Trinajstić information content (AvgIpc) is 2.78. The fraction of sp³-hybridized carbons (Fsp3) is 0.667. The van der Waals surface area contributed by atoms with Crippen molar-refractivity contribution in [1.82, 2.24) is 14.1 Å². The molecule has 1 heterocycles. The summed E-state index contributed by atoms with van der Waals surface area (Å²) in [4.78, 5) is 11.5. The van der Waals surface area contributed by atoms with Gasteiger partial charge in [-0.2, -0.15) is 9.40 Å². The van der Waals surface area contributed by atoms with Gasteiger partial charge in [-0.15, -0.1) is 0 Å². The Bertz CT molecular complexity index is 594. The first kappa shape index (κ1) is 17.4. The fourth-order valence-corrected chi connectivity index (χ4v) is 3.43. The molecule has 0 aliphatic rings. The lowest BCUT2D eigenvalue weighted by molar-refractivity contribution is -0.143. The van der Waals surface area contributed by atoms with Crippen molar-refractivity contribution >= 4 is 21.8 Å². The predicted molar refractivity (Wildman–Crippen MR) is 78.0 cm³/mol. The molecule has 0 fully saturated rings. The molecule has 1 rings (SSSR count). The third-order valence-corrected chi connectivity index (χ3v) is 4.87. The normalized spacial score (nSPS) is 12.1. The molecule has 9 heteroatoms. The summed E-state index contributed by atoms with van der Waals surface area (Å²) >= 11 is 0. The standard InChI is InChI=1S/C12H22N4O4S/c1-5-15-7-10(12(13)14-15)21(18,19)16(9(3)4)8-11(17)20-6-2/h7,9H,5-6,8H2,1-4H3,(H2,13,14). The number of aromatic nitrogens is 2. The Balaban J connectivity index is 3.15. The minimum atomic E-state index is -3.91. The number of hydrogen-bond donors (Lipinski definition) is 1. The number of carbonyl (C=O) groups excluding carboxylic acids is 1. The summed E-state index contributed by atoms with van der Waals surface area (Å²) in [5.74, 6) is -0.678. The Morgan fingerprint density at radius 1 is 1.48 bits per heavy atom. The van der Waals surface area contributed by atoms with Gasteiger partial charge < -0.3 is 10.5 Å². The molecule has 0 saturated carbocycles. The van der Waals surface area contributed by atoms with Gasteiger partial charge in [0.15, 0.2) is 5.82 Å². The number of aryl methyl sites for hydroxylation is 1. The Labute approximate surface area is 124 Å². The number of nitrogens with two attached hydrogens (primary N) is 1. The molecule has 8 nitrogen and oxygen atoms in total. The number of rotatable bonds is 7.